The lowest BCUT2D eigenvalue weighted by Crippen LogP contribution is -2.40. The van der Waals surface area contributed by atoms with E-state index in [-0.39, 0.29) is 0 Å². The van der Waals surface area contributed by atoms with Crippen molar-refractivity contribution in [3.05, 3.63) is 34.3 Å². The monoisotopic (exact) mass is 309 g/mol. The van der Waals surface area contributed by atoms with Crippen LogP contribution < -0.4 is 5.32 Å². The highest BCUT2D eigenvalue weighted by molar-refractivity contribution is 9.10. The van der Waals surface area contributed by atoms with Crippen LogP contribution in [0.5, 0.6) is 0 Å². The summed E-state index contributed by atoms with van der Waals surface area (Å²) in [5.41, 5.74) is 1.50. The number of halogens is 1. The van der Waals surface area contributed by atoms with Crippen LogP contribution in [0.2, 0.25) is 0 Å². The second kappa shape index (κ2) is 7.30. The van der Waals surface area contributed by atoms with Gasteiger partial charge in [-0.1, -0.05) is 54.2 Å². The van der Waals surface area contributed by atoms with Crippen molar-refractivity contribution in [1.29, 1.82) is 0 Å². The van der Waals surface area contributed by atoms with Crippen LogP contribution in [0.4, 0.5) is 0 Å². The van der Waals surface area contributed by atoms with Gasteiger partial charge in [-0.15, -0.1) is 0 Å². The Kier molecular flexibility index (Phi) is 5.71. The van der Waals surface area contributed by atoms with Crippen LogP contribution in [-0.2, 0) is 0 Å². The molecule has 0 spiro atoms. The van der Waals surface area contributed by atoms with Crippen molar-refractivity contribution in [2.24, 2.45) is 0 Å². The summed E-state index contributed by atoms with van der Waals surface area (Å²) in [6, 6.07) is 9.58. The van der Waals surface area contributed by atoms with Gasteiger partial charge in [0.25, 0.3) is 0 Å². The fourth-order valence-electron chi connectivity index (χ4n) is 2.65. The Bertz CT molecular complexity index is 341. The molecule has 1 aromatic carbocycles. The summed E-state index contributed by atoms with van der Waals surface area (Å²) < 4.78 is 1.18. The first-order chi connectivity index (χ1) is 8.79. The predicted molar refractivity (Wildman–Crippen MR) is 82.0 cm³/mol. The molecule has 0 atom stereocenters. The van der Waals surface area contributed by atoms with E-state index in [4.69, 9.17) is 0 Å². The van der Waals surface area contributed by atoms with Gasteiger partial charge in [0.05, 0.1) is 0 Å². The van der Waals surface area contributed by atoms with E-state index in [1.54, 1.807) is 0 Å². The minimum absolute atomic E-state index is 0.764. The van der Waals surface area contributed by atoms with E-state index in [9.17, 15) is 0 Å². The van der Waals surface area contributed by atoms with E-state index in [1.807, 2.05) is 0 Å². The Balaban J connectivity index is 1.60. The Morgan fingerprint density at radius 2 is 1.83 bits per heavy atom. The highest BCUT2D eigenvalue weighted by atomic mass is 79.9. The molecule has 2 heteroatoms. The fourth-order valence-corrected chi connectivity index (χ4v) is 2.91. The smallest absolute Gasteiger partial charge is 0.0175 e. The number of nitrogens with one attached hydrogen (secondary N) is 1. The third-order valence-corrected chi connectivity index (χ3v) is 4.47. The molecule has 100 valence electrons. The topological polar surface area (TPSA) is 12.0 Å². The van der Waals surface area contributed by atoms with E-state index >= 15 is 0 Å². The second-order valence-electron chi connectivity index (χ2n) is 5.43. The molecular weight excluding hydrogens is 286 g/mol. The average molecular weight is 310 g/mol. The molecule has 1 saturated carbocycles. The van der Waals surface area contributed by atoms with Crippen molar-refractivity contribution >= 4 is 15.9 Å². The normalized spacial score (nSPS) is 22.8. The molecule has 18 heavy (non-hydrogen) atoms. The van der Waals surface area contributed by atoms with Crippen LogP contribution in [0.3, 0.4) is 0 Å². The molecule has 1 aliphatic rings. The van der Waals surface area contributed by atoms with Gasteiger partial charge < -0.3 is 5.32 Å². The first-order valence-electron chi connectivity index (χ1n) is 7.28. The van der Waals surface area contributed by atoms with Crippen LogP contribution in [0.15, 0.2) is 28.7 Å². The number of benzene rings is 1. The molecule has 2 rings (SSSR count). The maximum atomic E-state index is 3.68. The summed E-state index contributed by atoms with van der Waals surface area (Å²) >= 11 is 3.49. The molecule has 0 radical (unpaired) electrons. The van der Waals surface area contributed by atoms with Gasteiger partial charge in [-0.2, -0.15) is 0 Å². The Hall–Kier alpha value is -0.340. The molecule has 0 amide bonds. The van der Waals surface area contributed by atoms with Crippen molar-refractivity contribution < 1.29 is 0 Å². The first-order valence-corrected chi connectivity index (χ1v) is 8.07. The van der Waals surface area contributed by atoms with Gasteiger partial charge in [0.2, 0.25) is 0 Å². The molecule has 1 nitrogen and oxygen atoms in total. The van der Waals surface area contributed by atoms with Gasteiger partial charge in [0, 0.05) is 10.5 Å². The quantitative estimate of drug-likeness (QED) is 0.709. The number of hydrogen-bond acceptors (Lipinski definition) is 1. The van der Waals surface area contributed by atoms with Gasteiger partial charge in [0.15, 0.2) is 0 Å². The van der Waals surface area contributed by atoms with E-state index in [2.05, 4.69) is 52.4 Å². The summed E-state index contributed by atoms with van der Waals surface area (Å²) in [7, 11) is 0. The minimum Gasteiger partial charge on any atom is -0.314 e. The van der Waals surface area contributed by atoms with E-state index in [0.717, 1.165) is 12.0 Å². The van der Waals surface area contributed by atoms with Crippen LogP contribution in [0.1, 0.15) is 56.9 Å². The summed E-state index contributed by atoms with van der Waals surface area (Å²) in [4.78, 5) is 0. The lowest BCUT2D eigenvalue weighted by Gasteiger charge is -2.36. The Labute approximate surface area is 119 Å². The summed E-state index contributed by atoms with van der Waals surface area (Å²) in [6.45, 7) is 3.47. The Morgan fingerprint density at radius 3 is 2.50 bits per heavy atom. The maximum Gasteiger partial charge on any atom is 0.0175 e. The molecular formula is C16H24BrN. The molecule has 0 heterocycles. The summed E-state index contributed by atoms with van der Waals surface area (Å²) in [5.74, 6) is 0.784. The largest absolute Gasteiger partial charge is 0.314 e. The zero-order chi connectivity index (χ0) is 12.8. The molecule has 1 aromatic rings. The van der Waals surface area contributed by atoms with Crippen molar-refractivity contribution in [1.82, 2.24) is 5.32 Å². The molecule has 1 aliphatic carbocycles. The van der Waals surface area contributed by atoms with Crippen molar-refractivity contribution in [3.63, 3.8) is 0 Å². The SMILES string of the molecule is CCCCCCNC1CC(c2ccc(Br)cc2)C1. The van der Waals surface area contributed by atoms with Gasteiger partial charge in [0.1, 0.15) is 0 Å². The molecule has 0 aliphatic heterocycles. The molecule has 0 bridgehead atoms. The molecule has 0 unspecified atom stereocenters. The number of unbranched alkanes of at least 4 members (excludes halogenated alkanes) is 3. The molecule has 0 aromatic heterocycles. The number of rotatable bonds is 7. The van der Waals surface area contributed by atoms with Crippen molar-refractivity contribution in [3.8, 4) is 0 Å². The summed E-state index contributed by atoms with van der Waals surface area (Å²) in [5, 5.41) is 3.68. The Morgan fingerprint density at radius 1 is 1.11 bits per heavy atom. The molecule has 1 fully saturated rings. The lowest BCUT2D eigenvalue weighted by molar-refractivity contribution is 0.289. The number of hydrogen-bond donors (Lipinski definition) is 1. The van der Waals surface area contributed by atoms with Crippen LogP contribution in [0.25, 0.3) is 0 Å². The van der Waals surface area contributed by atoms with Gasteiger partial charge >= 0.3 is 0 Å². The fraction of sp³-hybridized carbons (Fsp3) is 0.625. The van der Waals surface area contributed by atoms with Crippen LogP contribution in [-0.4, -0.2) is 12.6 Å². The highest BCUT2D eigenvalue weighted by Crippen LogP contribution is 2.37. The third-order valence-electron chi connectivity index (χ3n) is 3.94. The summed E-state index contributed by atoms with van der Waals surface area (Å²) in [6.07, 6.45) is 8.06. The average Bonchev–Trinajstić information content (AvgIpc) is 2.33. The van der Waals surface area contributed by atoms with Crippen LogP contribution in [0, 0.1) is 0 Å². The molecule has 1 N–H and O–H groups in total. The van der Waals surface area contributed by atoms with Gasteiger partial charge in [-0.25, -0.2) is 0 Å². The first kappa shape index (κ1) is 14.1. The van der Waals surface area contributed by atoms with Crippen molar-refractivity contribution in [2.75, 3.05) is 6.54 Å². The lowest BCUT2D eigenvalue weighted by atomic mass is 9.76. The van der Waals surface area contributed by atoms with Crippen LogP contribution >= 0.6 is 15.9 Å². The standard InChI is InChI=1S/C16H24BrN/c1-2-3-4-5-10-18-16-11-14(12-16)13-6-8-15(17)9-7-13/h6-9,14,16,18H,2-5,10-12H2,1H3. The second-order valence-corrected chi connectivity index (χ2v) is 6.35. The van der Waals surface area contributed by atoms with Gasteiger partial charge in [-0.05, 0) is 49.4 Å². The maximum absolute atomic E-state index is 3.68. The zero-order valence-corrected chi connectivity index (χ0v) is 12.9. The van der Waals surface area contributed by atoms with E-state index in [1.165, 1.54) is 55.1 Å². The van der Waals surface area contributed by atoms with E-state index in [0.29, 0.717) is 0 Å². The van der Waals surface area contributed by atoms with Gasteiger partial charge in [-0.3, -0.25) is 0 Å². The minimum atomic E-state index is 0.764. The predicted octanol–water partition coefficient (Wildman–Crippen LogP) is 4.87. The highest BCUT2D eigenvalue weighted by Gasteiger charge is 2.29. The molecule has 0 saturated heterocycles. The third kappa shape index (κ3) is 4.10. The zero-order valence-electron chi connectivity index (χ0n) is 11.3. The van der Waals surface area contributed by atoms with Crippen molar-refractivity contribution in [2.45, 2.75) is 57.4 Å². The van der Waals surface area contributed by atoms with E-state index < -0.39 is 0 Å².